The Kier molecular flexibility index (Phi) is 2.81. The molecular formula is C15H22O2. The summed E-state index contributed by atoms with van der Waals surface area (Å²) in [4.78, 5) is 10.4. The van der Waals surface area contributed by atoms with E-state index >= 15 is 0 Å². The summed E-state index contributed by atoms with van der Waals surface area (Å²) in [5.74, 6) is 0. The molecule has 94 valence electrons. The maximum atomic E-state index is 10.4. The van der Waals surface area contributed by atoms with Crippen LogP contribution in [0, 0.1) is 5.41 Å². The Morgan fingerprint density at radius 3 is 2.53 bits per heavy atom. The number of carbonyl (C=O) groups excluding carboxylic acids is 1. The molecule has 17 heavy (non-hydrogen) atoms. The van der Waals surface area contributed by atoms with Crippen molar-refractivity contribution >= 4 is 6.29 Å². The first-order valence-corrected chi connectivity index (χ1v) is 6.38. The molecule has 2 atom stereocenters. The average Bonchev–Trinajstić information content (AvgIpc) is 2.84. The lowest BCUT2D eigenvalue weighted by molar-refractivity contribution is -0.104. The van der Waals surface area contributed by atoms with Crippen LogP contribution in [0.1, 0.15) is 47.0 Å². The standard InChI is InChI=1S/C15H22O2/c1-12(7-11-16)6-10-15-13(2,3)8-5-9-14(15,4)17-15/h6-7,10-11H,5,8-9H2,1-4H3/b10-6+,12-7+. The van der Waals surface area contributed by atoms with Crippen LogP contribution in [0.4, 0.5) is 0 Å². The summed E-state index contributed by atoms with van der Waals surface area (Å²) >= 11 is 0. The van der Waals surface area contributed by atoms with Crippen molar-refractivity contribution in [2.24, 2.45) is 5.41 Å². The van der Waals surface area contributed by atoms with E-state index in [9.17, 15) is 4.79 Å². The fraction of sp³-hybridized carbons (Fsp3) is 0.667. The zero-order valence-corrected chi connectivity index (χ0v) is 11.2. The third kappa shape index (κ3) is 1.79. The van der Waals surface area contributed by atoms with E-state index in [0.717, 1.165) is 18.3 Å². The average molecular weight is 234 g/mol. The highest BCUT2D eigenvalue weighted by molar-refractivity contribution is 5.67. The molecule has 0 aromatic carbocycles. The fourth-order valence-corrected chi connectivity index (χ4v) is 3.32. The largest absolute Gasteiger partial charge is 0.358 e. The molecule has 1 heterocycles. The molecule has 2 rings (SSSR count). The molecule has 1 aliphatic heterocycles. The Bertz CT molecular complexity index is 392. The summed E-state index contributed by atoms with van der Waals surface area (Å²) in [5.41, 5.74) is 1.04. The minimum atomic E-state index is -0.129. The normalized spacial score (nSPS) is 40.1. The monoisotopic (exact) mass is 234 g/mol. The molecule has 0 aromatic heterocycles. The number of rotatable bonds is 3. The number of carbonyl (C=O) groups is 1. The van der Waals surface area contributed by atoms with Crippen molar-refractivity contribution in [2.75, 3.05) is 0 Å². The second-order valence-electron chi connectivity index (χ2n) is 6.19. The SMILES string of the molecule is CC(/C=C/C12OC1(C)CCCC2(C)C)=C\C=O. The molecule has 0 aromatic rings. The maximum absolute atomic E-state index is 10.4. The van der Waals surface area contributed by atoms with E-state index < -0.39 is 0 Å². The van der Waals surface area contributed by atoms with Gasteiger partial charge in [0.2, 0.25) is 0 Å². The van der Waals surface area contributed by atoms with Gasteiger partial charge in [-0.25, -0.2) is 0 Å². The van der Waals surface area contributed by atoms with E-state index in [1.54, 1.807) is 6.08 Å². The molecule has 1 saturated carbocycles. The first kappa shape index (κ1) is 12.6. The Morgan fingerprint density at radius 1 is 1.24 bits per heavy atom. The van der Waals surface area contributed by atoms with Crippen molar-refractivity contribution < 1.29 is 9.53 Å². The summed E-state index contributed by atoms with van der Waals surface area (Å²) in [5, 5.41) is 0. The highest BCUT2D eigenvalue weighted by Crippen LogP contribution is 2.66. The zero-order chi connectivity index (χ0) is 12.7. The van der Waals surface area contributed by atoms with Crippen LogP contribution in [0.5, 0.6) is 0 Å². The fourth-order valence-electron chi connectivity index (χ4n) is 3.32. The van der Waals surface area contributed by atoms with Gasteiger partial charge in [0, 0.05) is 5.41 Å². The van der Waals surface area contributed by atoms with Gasteiger partial charge in [0.1, 0.15) is 11.9 Å². The molecule has 0 spiro atoms. The Balaban J connectivity index is 2.25. The zero-order valence-electron chi connectivity index (χ0n) is 11.2. The number of hydrogen-bond donors (Lipinski definition) is 0. The van der Waals surface area contributed by atoms with Gasteiger partial charge in [-0.15, -0.1) is 0 Å². The molecular weight excluding hydrogens is 212 g/mol. The lowest BCUT2D eigenvalue weighted by Crippen LogP contribution is -2.41. The highest BCUT2D eigenvalue weighted by atomic mass is 16.6. The summed E-state index contributed by atoms with van der Waals surface area (Å²) in [6.45, 7) is 8.70. The summed E-state index contributed by atoms with van der Waals surface area (Å²) in [6.07, 6.45) is 10.2. The van der Waals surface area contributed by atoms with Gasteiger partial charge in [-0.2, -0.15) is 0 Å². The van der Waals surface area contributed by atoms with Crippen LogP contribution >= 0.6 is 0 Å². The molecule has 2 fully saturated rings. The molecule has 0 amide bonds. The van der Waals surface area contributed by atoms with Crippen LogP contribution in [0.15, 0.2) is 23.8 Å². The third-order valence-electron chi connectivity index (χ3n) is 4.50. The summed E-state index contributed by atoms with van der Waals surface area (Å²) in [7, 11) is 0. The predicted molar refractivity (Wildman–Crippen MR) is 68.8 cm³/mol. The molecule has 1 saturated heterocycles. The van der Waals surface area contributed by atoms with Gasteiger partial charge in [0.15, 0.2) is 0 Å². The molecule has 0 N–H and O–H groups in total. The highest BCUT2D eigenvalue weighted by Gasteiger charge is 2.72. The van der Waals surface area contributed by atoms with Gasteiger partial charge in [-0.05, 0) is 50.8 Å². The van der Waals surface area contributed by atoms with Gasteiger partial charge in [-0.1, -0.05) is 19.9 Å². The van der Waals surface area contributed by atoms with Gasteiger partial charge >= 0.3 is 0 Å². The minimum absolute atomic E-state index is 0.00666. The van der Waals surface area contributed by atoms with Crippen LogP contribution < -0.4 is 0 Å². The number of ether oxygens (including phenoxy) is 1. The van der Waals surface area contributed by atoms with Crippen LogP contribution in [-0.2, 0) is 9.53 Å². The predicted octanol–water partition coefficient (Wildman–Crippen LogP) is 3.43. The second-order valence-corrected chi connectivity index (χ2v) is 6.19. The van der Waals surface area contributed by atoms with E-state index in [1.807, 2.05) is 13.0 Å². The lowest BCUT2D eigenvalue weighted by Gasteiger charge is -2.36. The van der Waals surface area contributed by atoms with Crippen molar-refractivity contribution in [1.29, 1.82) is 0 Å². The topological polar surface area (TPSA) is 29.6 Å². The molecule has 2 nitrogen and oxygen atoms in total. The summed E-state index contributed by atoms with van der Waals surface area (Å²) in [6, 6.07) is 0. The number of aldehydes is 1. The molecule has 2 aliphatic rings. The van der Waals surface area contributed by atoms with Gasteiger partial charge < -0.3 is 4.74 Å². The number of fused-ring (bicyclic) bond motifs is 1. The van der Waals surface area contributed by atoms with Crippen molar-refractivity contribution in [3.8, 4) is 0 Å². The van der Waals surface area contributed by atoms with Crippen LogP contribution in [0.25, 0.3) is 0 Å². The number of epoxide rings is 1. The first-order valence-electron chi connectivity index (χ1n) is 6.38. The maximum Gasteiger partial charge on any atom is 0.143 e. The molecule has 0 radical (unpaired) electrons. The quantitative estimate of drug-likeness (QED) is 0.324. The van der Waals surface area contributed by atoms with Crippen LogP contribution in [0.3, 0.4) is 0 Å². The molecule has 2 unspecified atom stereocenters. The minimum Gasteiger partial charge on any atom is -0.358 e. The Labute approximate surface area is 104 Å². The first-order chi connectivity index (χ1) is 7.87. The van der Waals surface area contributed by atoms with E-state index in [1.165, 1.54) is 12.8 Å². The van der Waals surface area contributed by atoms with Crippen molar-refractivity contribution in [2.45, 2.75) is 58.2 Å². The molecule has 0 bridgehead atoms. The van der Waals surface area contributed by atoms with Gasteiger partial charge in [-0.3, -0.25) is 4.79 Å². The lowest BCUT2D eigenvalue weighted by atomic mass is 9.64. The second kappa shape index (κ2) is 3.81. The van der Waals surface area contributed by atoms with E-state index in [4.69, 9.17) is 4.74 Å². The van der Waals surface area contributed by atoms with Crippen LogP contribution in [-0.4, -0.2) is 17.5 Å². The Morgan fingerprint density at radius 2 is 1.94 bits per heavy atom. The smallest absolute Gasteiger partial charge is 0.143 e. The third-order valence-corrected chi connectivity index (χ3v) is 4.50. The number of allylic oxidation sites excluding steroid dienone is 3. The van der Waals surface area contributed by atoms with Crippen molar-refractivity contribution in [3.63, 3.8) is 0 Å². The van der Waals surface area contributed by atoms with Crippen molar-refractivity contribution in [3.05, 3.63) is 23.8 Å². The number of hydrogen-bond acceptors (Lipinski definition) is 2. The summed E-state index contributed by atoms with van der Waals surface area (Å²) < 4.78 is 6.09. The van der Waals surface area contributed by atoms with E-state index in [2.05, 4.69) is 26.8 Å². The van der Waals surface area contributed by atoms with E-state index in [0.29, 0.717) is 0 Å². The van der Waals surface area contributed by atoms with Crippen molar-refractivity contribution in [1.82, 2.24) is 0 Å². The molecule has 2 heteroatoms. The Hall–Kier alpha value is -0.890. The van der Waals surface area contributed by atoms with Gasteiger partial charge in [0.25, 0.3) is 0 Å². The van der Waals surface area contributed by atoms with E-state index in [-0.39, 0.29) is 16.6 Å². The van der Waals surface area contributed by atoms with Crippen LogP contribution in [0.2, 0.25) is 0 Å². The van der Waals surface area contributed by atoms with Gasteiger partial charge in [0.05, 0.1) is 5.60 Å². The molecule has 1 aliphatic carbocycles.